The Labute approximate surface area is 263 Å². The summed E-state index contributed by atoms with van der Waals surface area (Å²) in [6.07, 6.45) is 3.38. The number of esters is 1. The molecule has 230 valence electrons. The molecule has 2 aromatic carbocycles. The van der Waals surface area contributed by atoms with E-state index < -0.39 is 5.60 Å². The van der Waals surface area contributed by atoms with Gasteiger partial charge in [-0.2, -0.15) is 0 Å². The molecule has 6 fully saturated rings. The summed E-state index contributed by atoms with van der Waals surface area (Å²) >= 11 is 1.67. The number of benzene rings is 2. The number of hydrogen-bond donors (Lipinski definition) is 0. The number of piperidine rings is 1. The first-order valence-corrected chi connectivity index (χ1v) is 17.0. The number of nitrogens with zero attached hydrogens (tertiary/aromatic N) is 3. The molecule has 1 aromatic heterocycles. The molecular formula is C36H41N3O4S. The second-order valence-electron chi connectivity index (χ2n) is 14.7. The highest BCUT2D eigenvalue weighted by atomic mass is 32.1. The zero-order chi connectivity index (χ0) is 30.6. The topological polar surface area (TPSA) is 72.0 Å². The van der Waals surface area contributed by atoms with Crippen LogP contribution < -0.4 is 9.64 Å². The minimum absolute atomic E-state index is 0.0218. The number of aromatic nitrogens is 1. The molecule has 7 nitrogen and oxygen atoms in total. The number of ether oxygens (including phenoxy) is 2. The number of likely N-dealkylation sites (tertiary alicyclic amines) is 1. The standard InChI is InChI=1S/C36H41N3O4S/c1-21-9-12-27(42-18-24-11-10-23(16-22(24)2)31(40)38-13-7-6-8-14-38)25(15-21)26-19-44-33(37-26)39-17-28-35(20-39)29-30(35)36(28,29)32(41)43-34(3,4)5/h9-12,15-16,19,28-30H,6-8,13-14,17-18,20H2,1-5H3. The summed E-state index contributed by atoms with van der Waals surface area (Å²) in [7, 11) is 0. The van der Waals surface area contributed by atoms with Crippen molar-refractivity contribution in [3.63, 3.8) is 0 Å². The fourth-order valence-corrected chi connectivity index (χ4v) is 9.70. The number of thiazole rings is 1. The number of rotatable bonds is 7. The monoisotopic (exact) mass is 611 g/mol. The summed E-state index contributed by atoms with van der Waals surface area (Å²) in [4.78, 5) is 35.5. The van der Waals surface area contributed by atoms with Crippen molar-refractivity contribution < 1.29 is 19.1 Å². The predicted molar refractivity (Wildman–Crippen MR) is 171 cm³/mol. The van der Waals surface area contributed by atoms with Crippen LogP contribution in [0.25, 0.3) is 11.3 Å². The molecule has 1 spiro atoms. The molecule has 0 radical (unpaired) electrons. The van der Waals surface area contributed by atoms with E-state index in [1.165, 1.54) is 6.42 Å². The zero-order valence-corrected chi connectivity index (χ0v) is 27.1. The third kappa shape index (κ3) is 4.02. The van der Waals surface area contributed by atoms with E-state index in [4.69, 9.17) is 14.5 Å². The maximum absolute atomic E-state index is 13.1. The van der Waals surface area contributed by atoms with Crippen molar-refractivity contribution in [1.29, 1.82) is 0 Å². The van der Waals surface area contributed by atoms with Gasteiger partial charge in [0, 0.05) is 54.0 Å². The van der Waals surface area contributed by atoms with Gasteiger partial charge >= 0.3 is 5.97 Å². The van der Waals surface area contributed by atoms with E-state index in [9.17, 15) is 9.59 Å². The molecule has 3 heterocycles. The maximum atomic E-state index is 13.1. The van der Waals surface area contributed by atoms with Crippen molar-refractivity contribution >= 4 is 28.3 Å². The van der Waals surface area contributed by atoms with E-state index in [1.807, 2.05) is 49.9 Å². The third-order valence-electron chi connectivity index (χ3n) is 10.9. The number of amides is 1. The van der Waals surface area contributed by atoms with Gasteiger partial charge in [0.2, 0.25) is 0 Å². The summed E-state index contributed by atoms with van der Waals surface area (Å²) in [6.45, 7) is 14.0. The van der Waals surface area contributed by atoms with Gasteiger partial charge in [0.25, 0.3) is 5.91 Å². The van der Waals surface area contributed by atoms with Gasteiger partial charge in [-0.25, -0.2) is 4.98 Å². The van der Waals surface area contributed by atoms with Crippen molar-refractivity contribution in [2.45, 2.75) is 66.1 Å². The molecule has 3 unspecified atom stereocenters. The molecule has 6 aliphatic rings. The minimum Gasteiger partial charge on any atom is -0.488 e. The summed E-state index contributed by atoms with van der Waals surface area (Å²) in [5.41, 5.74) is 5.61. The van der Waals surface area contributed by atoms with E-state index in [0.29, 0.717) is 29.8 Å². The first-order chi connectivity index (χ1) is 21.0. The molecule has 0 N–H and O–H groups in total. The van der Waals surface area contributed by atoms with Crippen LogP contribution in [0, 0.1) is 42.4 Å². The van der Waals surface area contributed by atoms with Crippen molar-refractivity contribution in [1.82, 2.24) is 9.88 Å². The molecule has 2 bridgehead atoms. The van der Waals surface area contributed by atoms with Crippen LogP contribution in [0.2, 0.25) is 0 Å². The zero-order valence-electron chi connectivity index (χ0n) is 26.3. The molecule has 3 atom stereocenters. The Balaban J connectivity index is 0.956. The molecular weight excluding hydrogens is 570 g/mol. The van der Waals surface area contributed by atoms with Gasteiger partial charge in [0.05, 0.1) is 11.1 Å². The molecule has 8 heteroatoms. The lowest BCUT2D eigenvalue weighted by atomic mass is 9.50. The molecule has 2 saturated heterocycles. The van der Waals surface area contributed by atoms with Gasteiger partial charge < -0.3 is 19.3 Å². The quantitative estimate of drug-likeness (QED) is 0.279. The number of carbonyl (C=O) groups is 2. The Kier molecular flexibility index (Phi) is 6.10. The lowest BCUT2D eigenvalue weighted by molar-refractivity contribution is -0.187. The van der Waals surface area contributed by atoms with E-state index in [0.717, 1.165) is 83.4 Å². The largest absolute Gasteiger partial charge is 0.488 e. The van der Waals surface area contributed by atoms with Crippen molar-refractivity contribution in [2.75, 3.05) is 31.1 Å². The second kappa shape index (κ2) is 9.56. The van der Waals surface area contributed by atoms with Gasteiger partial charge in [0.15, 0.2) is 5.13 Å². The SMILES string of the molecule is Cc1ccc(OCc2ccc(C(=O)N3CCCCC3)cc2C)c(-c2csc(N3CC4C5(C3)C3C5C43C(=O)OC(C)(C)C)n2)c1. The molecule has 2 aliphatic heterocycles. The Bertz CT molecular complexity index is 1670. The van der Waals surface area contributed by atoms with E-state index >= 15 is 0 Å². The highest BCUT2D eigenvalue weighted by molar-refractivity contribution is 7.14. The highest BCUT2D eigenvalue weighted by Gasteiger charge is 3.11. The summed E-state index contributed by atoms with van der Waals surface area (Å²) in [5.74, 6) is 2.40. The van der Waals surface area contributed by atoms with Gasteiger partial charge in [-0.1, -0.05) is 17.7 Å². The summed E-state index contributed by atoms with van der Waals surface area (Å²) in [5, 5.41) is 3.15. The molecule has 1 amide bonds. The fourth-order valence-electron chi connectivity index (χ4n) is 8.86. The number of carbonyl (C=O) groups excluding carboxylic acids is 2. The normalized spacial score (nSPS) is 29.4. The van der Waals surface area contributed by atoms with Crippen molar-refractivity contribution in [2.24, 2.45) is 28.6 Å². The third-order valence-corrected chi connectivity index (χ3v) is 11.8. The van der Waals surface area contributed by atoms with Crippen molar-refractivity contribution in [3.05, 3.63) is 64.0 Å². The Morgan fingerprint density at radius 2 is 1.82 bits per heavy atom. The maximum Gasteiger partial charge on any atom is 0.313 e. The minimum atomic E-state index is -0.441. The number of aryl methyl sites for hydroxylation is 2. The Hall–Kier alpha value is -3.39. The van der Waals surface area contributed by atoms with Crippen LogP contribution in [0.1, 0.15) is 67.1 Å². The van der Waals surface area contributed by atoms with E-state index in [2.05, 4.69) is 36.3 Å². The number of hydrogen-bond acceptors (Lipinski definition) is 7. The van der Waals surface area contributed by atoms with Crippen LogP contribution in [0.15, 0.2) is 41.8 Å². The van der Waals surface area contributed by atoms with Crippen molar-refractivity contribution in [3.8, 4) is 17.0 Å². The average molecular weight is 612 g/mol. The van der Waals surface area contributed by atoms with Crippen LogP contribution in [0.3, 0.4) is 0 Å². The predicted octanol–water partition coefficient (Wildman–Crippen LogP) is 6.66. The molecule has 44 heavy (non-hydrogen) atoms. The summed E-state index contributed by atoms with van der Waals surface area (Å²) in [6, 6.07) is 12.2. The lowest BCUT2D eigenvalue weighted by Gasteiger charge is -2.51. The first kappa shape index (κ1) is 28.1. The molecule has 9 rings (SSSR count). The summed E-state index contributed by atoms with van der Waals surface area (Å²) < 4.78 is 12.3. The van der Waals surface area contributed by atoms with Crippen LogP contribution in [0.4, 0.5) is 5.13 Å². The van der Waals surface area contributed by atoms with Crippen LogP contribution >= 0.6 is 11.3 Å². The highest BCUT2D eigenvalue weighted by Crippen LogP contribution is 3.06. The molecule has 3 aromatic rings. The first-order valence-electron chi connectivity index (χ1n) is 16.1. The van der Waals surface area contributed by atoms with Crippen LogP contribution in [-0.4, -0.2) is 53.5 Å². The van der Waals surface area contributed by atoms with E-state index in [1.54, 1.807) is 11.3 Å². The van der Waals surface area contributed by atoms with Gasteiger partial charge in [-0.3, -0.25) is 9.59 Å². The van der Waals surface area contributed by atoms with Crippen LogP contribution in [0.5, 0.6) is 5.75 Å². The van der Waals surface area contributed by atoms with Gasteiger partial charge in [-0.05, 0) is 101 Å². The fraction of sp³-hybridized carbons (Fsp3) is 0.528. The van der Waals surface area contributed by atoms with Crippen LogP contribution in [-0.2, 0) is 16.1 Å². The van der Waals surface area contributed by atoms with E-state index in [-0.39, 0.29) is 17.3 Å². The average Bonchev–Trinajstić information content (AvgIpc) is 3.65. The Morgan fingerprint density at radius 3 is 2.55 bits per heavy atom. The lowest BCUT2D eigenvalue weighted by Crippen LogP contribution is -2.58. The van der Waals surface area contributed by atoms with Gasteiger partial charge in [-0.15, -0.1) is 11.3 Å². The second-order valence-corrected chi connectivity index (χ2v) is 15.6. The van der Waals surface area contributed by atoms with Gasteiger partial charge in [0.1, 0.15) is 18.0 Å². The Morgan fingerprint density at radius 1 is 1.05 bits per heavy atom. The molecule has 4 aliphatic carbocycles. The molecule has 4 saturated carbocycles. The number of anilines is 1. The smallest absolute Gasteiger partial charge is 0.313 e.